The number of hydrogen-bond acceptors (Lipinski definition) is 15. The molecule has 7 aromatic heterocycles. The summed E-state index contributed by atoms with van der Waals surface area (Å²) in [6.07, 6.45) is 3.18. The molecule has 7 heterocycles. The lowest BCUT2D eigenvalue weighted by atomic mass is 10.1. The lowest BCUT2D eigenvalue weighted by molar-refractivity contribution is 0.101. The maximum Gasteiger partial charge on any atom is 0.276 e. The molecule has 0 unspecified atom stereocenters. The van der Waals surface area contributed by atoms with E-state index in [4.69, 9.17) is 4.74 Å². The second-order valence-corrected chi connectivity index (χ2v) is 21.4. The molecule has 0 saturated carbocycles. The Balaban J connectivity index is 0.000000136. The summed E-state index contributed by atoms with van der Waals surface area (Å²) < 4.78 is 5.02. The Hall–Kier alpha value is -10.4. The van der Waals surface area contributed by atoms with E-state index in [1.54, 1.807) is 84.4 Å². The minimum Gasteiger partial charge on any atom is -0.481 e. The molecule has 12 rings (SSSR count). The fourth-order valence-electron chi connectivity index (χ4n) is 7.74. The highest BCUT2D eigenvalue weighted by Gasteiger charge is 2.14. The van der Waals surface area contributed by atoms with Crippen molar-refractivity contribution in [2.45, 2.75) is 27.7 Å². The van der Waals surface area contributed by atoms with Crippen LogP contribution in [-0.2, 0) is 0 Å². The van der Waals surface area contributed by atoms with Gasteiger partial charge < -0.3 is 20.7 Å². The molecular weight excluding hydrogens is 1120 g/mol. The van der Waals surface area contributed by atoms with Crippen molar-refractivity contribution in [3.63, 3.8) is 0 Å². The van der Waals surface area contributed by atoms with E-state index in [-0.39, 0.29) is 23.4 Å². The predicted octanol–water partition coefficient (Wildman–Crippen LogP) is 16.1. The van der Waals surface area contributed by atoms with Crippen LogP contribution in [0.1, 0.15) is 53.7 Å². The number of carbonyl (C=O) groups is 3. The summed E-state index contributed by atoms with van der Waals surface area (Å²) in [5.41, 5.74) is 13.9. The van der Waals surface area contributed by atoms with Gasteiger partial charge in [-0.05, 0) is 82.3 Å². The zero-order valence-corrected chi connectivity index (χ0v) is 49.4. The van der Waals surface area contributed by atoms with Gasteiger partial charge in [0, 0.05) is 62.5 Å². The summed E-state index contributed by atoms with van der Waals surface area (Å²) in [7, 11) is 1.51. The van der Waals surface area contributed by atoms with Gasteiger partial charge in [-0.25, -0.2) is 24.9 Å². The molecule has 0 aliphatic heterocycles. The third kappa shape index (κ3) is 17.6. The van der Waals surface area contributed by atoms with Gasteiger partial charge in [-0.1, -0.05) is 162 Å². The van der Waals surface area contributed by atoms with Gasteiger partial charge in [0.1, 0.15) is 33.7 Å². The summed E-state index contributed by atoms with van der Waals surface area (Å²) in [5, 5.41) is 19.8. The summed E-state index contributed by atoms with van der Waals surface area (Å²) >= 11 is 4.50. The van der Waals surface area contributed by atoms with E-state index in [1.165, 1.54) is 52.0 Å². The van der Waals surface area contributed by atoms with Gasteiger partial charge in [-0.2, -0.15) is 0 Å². The van der Waals surface area contributed by atoms with Crippen LogP contribution < -0.4 is 26.0 Å². The molecule has 4 N–H and O–H groups in total. The molecule has 0 aliphatic carbocycles. The second kappa shape index (κ2) is 29.5. The van der Waals surface area contributed by atoms with Crippen LogP contribution in [0.5, 0.6) is 5.88 Å². The van der Waals surface area contributed by atoms with Gasteiger partial charge in [0.2, 0.25) is 5.88 Å². The predicted molar refractivity (Wildman–Crippen MR) is 344 cm³/mol. The largest absolute Gasteiger partial charge is 0.481 e. The molecular formula is C67H57N11O4S3. The molecule has 0 saturated heterocycles. The molecule has 0 bridgehead atoms. The quantitative estimate of drug-likeness (QED) is 0.0853. The summed E-state index contributed by atoms with van der Waals surface area (Å²) in [4.78, 5) is 66.4. The first-order valence-electron chi connectivity index (χ1n) is 26.6. The van der Waals surface area contributed by atoms with Gasteiger partial charge in [-0.15, -0.1) is 34.0 Å². The zero-order chi connectivity index (χ0) is 59.3. The fourth-order valence-corrected chi connectivity index (χ4v) is 9.95. The summed E-state index contributed by atoms with van der Waals surface area (Å²) in [6.45, 7) is 8.21. The standard InChI is InChI=1S/C18H15N3O.C17H15N3O2S.C16H13N3OS.C16H14N2S/c1-13-8-10-14(11-9-13)15-6-4-7-17(20-15)21-18(22)16-5-2-3-12-19-16;1-11-6-8-12(9-7-11)14-10-23-17(19-14)20-16(21)13-4-3-5-15(18-13)22-2;1-11-5-7-12(8-6-11)16-19-14(10-21-16)18-15(20)13-4-2-3-9-17-13;1-12-7-9-14(10-8-12)17-16-18-15(11-19-16)13-5-3-2-4-6-13/h2-12H,1H3,(H,20,21,22);3-10H,1-2H3,(H,19,20,21);2-10H,1H3,(H,18,20);2-11H,1H3,(H,17,18). The number of benzene rings is 5. The van der Waals surface area contributed by atoms with Crippen molar-refractivity contribution in [1.29, 1.82) is 0 Å². The Kier molecular flexibility index (Phi) is 20.6. The molecule has 15 nitrogen and oxygen atoms in total. The Labute approximate surface area is 504 Å². The van der Waals surface area contributed by atoms with Crippen molar-refractivity contribution in [2.75, 3.05) is 28.4 Å². The van der Waals surface area contributed by atoms with Crippen LogP contribution in [0.3, 0.4) is 0 Å². The van der Waals surface area contributed by atoms with Crippen LogP contribution in [0.25, 0.3) is 44.3 Å². The van der Waals surface area contributed by atoms with Gasteiger partial charge >= 0.3 is 0 Å². The maximum absolute atomic E-state index is 12.2. The minimum atomic E-state index is -0.311. The van der Waals surface area contributed by atoms with Crippen molar-refractivity contribution < 1.29 is 19.1 Å². The van der Waals surface area contributed by atoms with Crippen molar-refractivity contribution in [3.05, 3.63) is 268 Å². The first-order valence-corrected chi connectivity index (χ1v) is 29.3. The van der Waals surface area contributed by atoms with E-state index in [1.807, 2.05) is 135 Å². The first kappa shape index (κ1) is 59.2. The SMILES string of the molecule is COc1cccc(C(=O)Nc2nc(-c3ccc(C)cc3)cs2)n1.Cc1ccc(-c2cccc(NC(=O)c3ccccn3)n2)cc1.Cc1ccc(-c2nc(NC(=O)c3ccccn3)cs2)cc1.Cc1ccc(Nc2nc(-c3ccccc3)cs2)cc1. The van der Waals surface area contributed by atoms with Crippen molar-refractivity contribution >= 4 is 79.3 Å². The maximum atomic E-state index is 12.2. The average Bonchev–Trinajstić information content (AvgIpc) is 4.46. The third-order valence-corrected chi connectivity index (χ3v) is 14.7. The van der Waals surface area contributed by atoms with Crippen LogP contribution in [0.2, 0.25) is 0 Å². The van der Waals surface area contributed by atoms with Gasteiger partial charge in [0.05, 0.1) is 24.2 Å². The molecule has 0 spiro atoms. The molecule has 0 aliphatic rings. The number of aryl methyl sites for hydroxylation is 4. The lowest BCUT2D eigenvalue weighted by Crippen LogP contribution is -2.14. The number of thiazole rings is 3. The number of nitrogens with one attached hydrogen (secondary N) is 4. The van der Waals surface area contributed by atoms with Gasteiger partial charge in [0.15, 0.2) is 10.3 Å². The van der Waals surface area contributed by atoms with E-state index in [0.717, 1.165) is 55.2 Å². The number of rotatable bonds is 13. The van der Waals surface area contributed by atoms with Crippen LogP contribution in [-0.4, -0.2) is 59.7 Å². The molecule has 18 heteroatoms. The molecule has 85 heavy (non-hydrogen) atoms. The highest BCUT2D eigenvalue weighted by molar-refractivity contribution is 7.14. The van der Waals surface area contributed by atoms with E-state index in [0.29, 0.717) is 34.0 Å². The van der Waals surface area contributed by atoms with E-state index in [2.05, 4.69) is 105 Å². The van der Waals surface area contributed by atoms with Crippen LogP contribution >= 0.6 is 34.0 Å². The summed E-state index contributed by atoms with van der Waals surface area (Å²) in [6, 6.07) is 63.9. The first-order chi connectivity index (χ1) is 41.4. The monoisotopic (exact) mass is 1180 g/mol. The van der Waals surface area contributed by atoms with Crippen LogP contribution in [0.4, 0.5) is 27.6 Å². The zero-order valence-electron chi connectivity index (χ0n) is 46.9. The summed E-state index contributed by atoms with van der Waals surface area (Å²) in [5.74, 6) is 0.622. The topological polar surface area (TPSA) is 199 Å². The normalized spacial score (nSPS) is 10.3. The number of methoxy groups -OCH3 is 1. The molecule has 422 valence electrons. The highest BCUT2D eigenvalue weighted by atomic mass is 32.1. The van der Waals surface area contributed by atoms with E-state index < -0.39 is 0 Å². The number of amides is 3. The van der Waals surface area contributed by atoms with Crippen molar-refractivity contribution in [2.24, 2.45) is 0 Å². The highest BCUT2D eigenvalue weighted by Crippen LogP contribution is 2.29. The number of nitrogens with zero attached hydrogens (tertiary/aromatic N) is 7. The lowest BCUT2D eigenvalue weighted by Gasteiger charge is -2.06. The molecule has 0 radical (unpaired) electrons. The number of anilines is 5. The van der Waals surface area contributed by atoms with E-state index >= 15 is 0 Å². The van der Waals surface area contributed by atoms with Gasteiger partial charge in [-0.3, -0.25) is 29.7 Å². The van der Waals surface area contributed by atoms with Crippen molar-refractivity contribution in [3.8, 4) is 50.2 Å². The Morgan fingerprint density at radius 2 is 0.859 bits per heavy atom. The number of hydrogen-bond donors (Lipinski definition) is 4. The smallest absolute Gasteiger partial charge is 0.276 e. The van der Waals surface area contributed by atoms with Crippen molar-refractivity contribution in [1.82, 2.24) is 34.9 Å². The van der Waals surface area contributed by atoms with Crippen LogP contribution in [0.15, 0.2) is 229 Å². The molecule has 12 aromatic rings. The number of pyridine rings is 4. The average molecular weight is 1180 g/mol. The Bertz CT molecular complexity index is 4090. The molecule has 3 amide bonds. The molecule has 0 atom stereocenters. The Morgan fingerprint density at radius 3 is 1.44 bits per heavy atom. The second-order valence-electron chi connectivity index (χ2n) is 18.8. The minimum absolute atomic E-state index is 0.253. The number of carbonyl (C=O) groups excluding carboxylic acids is 3. The molecule has 0 fully saturated rings. The Morgan fingerprint density at radius 1 is 0.376 bits per heavy atom. The fraction of sp³-hybridized carbons (Fsp3) is 0.0746. The van der Waals surface area contributed by atoms with Gasteiger partial charge in [0.25, 0.3) is 17.7 Å². The molecule has 5 aromatic carbocycles. The number of ether oxygens (including phenoxy) is 1. The number of aromatic nitrogens is 7. The third-order valence-electron chi connectivity index (χ3n) is 12.3. The van der Waals surface area contributed by atoms with Crippen LogP contribution in [0, 0.1) is 27.7 Å². The van der Waals surface area contributed by atoms with E-state index in [9.17, 15) is 14.4 Å².